The zero-order valence-electron chi connectivity index (χ0n) is 13.1. The summed E-state index contributed by atoms with van der Waals surface area (Å²) in [7, 11) is 0. The third-order valence-electron chi connectivity index (χ3n) is 3.58. The molecule has 1 amide bonds. The zero-order chi connectivity index (χ0) is 15.9. The number of carboxylic acid groups (broad SMARTS) is 1. The van der Waals surface area contributed by atoms with Crippen molar-refractivity contribution in [1.29, 1.82) is 0 Å². The zero-order valence-corrected chi connectivity index (χ0v) is 13.1. The van der Waals surface area contributed by atoms with Gasteiger partial charge < -0.3 is 10.4 Å². The number of amides is 1. The second kappa shape index (κ2) is 7.81. The predicted octanol–water partition coefficient (Wildman–Crippen LogP) is 3.25. The van der Waals surface area contributed by atoms with Gasteiger partial charge in [0, 0.05) is 12.8 Å². The SMILES string of the molecule is CCc1ccc(C(C)(C)NC(=O)CCCCC(=O)O)cc1. The Hall–Kier alpha value is -1.84. The largest absolute Gasteiger partial charge is 0.481 e. The predicted molar refractivity (Wildman–Crippen MR) is 83.1 cm³/mol. The van der Waals surface area contributed by atoms with Crippen LogP contribution in [-0.4, -0.2) is 17.0 Å². The van der Waals surface area contributed by atoms with Crippen molar-refractivity contribution < 1.29 is 14.7 Å². The highest BCUT2D eigenvalue weighted by molar-refractivity contribution is 5.77. The summed E-state index contributed by atoms with van der Waals surface area (Å²) in [5.41, 5.74) is 1.92. The maximum Gasteiger partial charge on any atom is 0.303 e. The quantitative estimate of drug-likeness (QED) is 0.723. The number of aliphatic carboxylic acids is 1. The molecule has 0 aromatic heterocycles. The van der Waals surface area contributed by atoms with Gasteiger partial charge in [-0.05, 0) is 44.2 Å². The van der Waals surface area contributed by atoms with E-state index in [0.29, 0.717) is 19.3 Å². The fourth-order valence-electron chi connectivity index (χ4n) is 2.20. The molecule has 0 spiro atoms. The molecule has 0 aliphatic rings. The van der Waals surface area contributed by atoms with Gasteiger partial charge in [-0.25, -0.2) is 0 Å². The normalized spacial score (nSPS) is 11.2. The van der Waals surface area contributed by atoms with Crippen LogP contribution in [0, 0.1) is 0 Å². The molecule has 1 aromatic rings. The molecule has 4 nitrogen and oxygen atoms in total. The minimum atomic E-state index is -0.813. The van der Waals surface area contributed by atoms with Gasteiger partial charge >= 0.3 is 5.97 Å². The van der Waals surface area contributed by atoms with Crippen LogP contribution < -0.4 is 5.32 Å². The average Bonchev–Trinajstić information content (AvgIpc) is 2.43. The Morgan fingerprint density at radius 1 is 1.10 bits per heavy atom. The lowest BCUT2D eigenvalue weighted by atomic mass is 9.93. The first kappa shape index (κ1) is 17.2. The monoisotopic (exact) mass is 291 g/mol. The summed E-state index contributed by atoms with van der Waals surface area (Å²) in [6.45, 7) is 6.06. The minimum absolute atomic E-state index is 0.0371. The van der Waals surface area contributed by atoms with Gasteiger partial charge in [0.1, 0.15) is 0 Å². The van der Waals surface area contributed by atoms with E-state index < -0.39 is 11.5 Å². The van der Waals surface area contributed by atoms with Crippen LogP contribution >= 0.6 is 0 Å². The molecule has 0 radical (unpaired) electrons. The van der Waals surface area contributed by atoms with Crippen molar-refractivity contribution >= 4 is 11.9 Å². The molecule has 0 aliphatic heterocycles. The standard InChI is InChI=1S/C17H25NO3/c1-4-13-9-11-14(12-10-13)17(2,3)18-15(19)7-5-6-8-16(20)21/h9-12H,4-8H2,1-3H3,(H,18,19)(H,20,21). The van der Waals surface area contributed by atoms with Crippen LogP contribution in [0.3, 0.4) is 0 Å². The second-order valence-electron chi connectivity index (χ2n) is 5.82. The number of carboxylic acids is 1. The van der Waals surface area contributed by atoms with E-state index in [1.807, 2.05) is 26.0 Å². The van der Waals surface area contributed by atoms with Gasteiger partial charge in [0.05, 0.1) is 5.54 Å². The lowest BCUT2D eigenvalue weighted by molar-refractivity contribution is -0.137. The number of carbonyl (C=O) groups is 2. The maximum absolute atomic E-state index is 11.9. The molecule has 0 heterocycles. The molecule has 0 atom stereocenters. The second-order valence-corrected chi connectivity index (χ2v) is 5.82. The molecule has 0 unspecified atom stereocenters. The highest BCUT2D eigenvalue weighted by Crippen LogP contribution is 2.21. The number of aryl methyl sites for hydroxylation is 1. The van der Waals surface area contributed by atoms with Crippen LogP contribution in [0.1, 0.15) is 57.6 Å². The molecule has 0 aliphatic carbocycles. The Morgan fingerprint density at radius 3 is 2.19 bits per heavy atom. The lowest BCUT2D eigenvalue weighted by Gasteiger charge is -2.27. The topological polar surface area (TPSA) is 66.4 Å². The number of carbonyl (C=O) groups excluding carboxylic acids is 1. The first-order valence-corrected chi connectivity index (χ1v) is 7.47. The fraction of sp³-hybridized carbons (Fsp3) is 0.529. The van der Waals surface area contributed by atoms with Crippen LogP contribution in [0.2, 0.25) is 0 Å². The van der Waals surface area contributed by atoms with E-state index in [9.17, 15) is 9.59 Å². The number of rotatable bonds is 8. The van der Waals surface area contributed by atoms with E-state index in [2.05, 4.69) is 24.4 Å². The van der Waals surface area contributed by atoms with Crippen molar-refractivity contribution in [3.8, 4) is 0 Å². The molecule has 0 bridgehead atoms. The van der Waals surface area contributed by atoms with Gasteiger partial charge in [-0.1, -0.05) is 31.2 Å². The van der Waals surface area contributed by atoms with Crippen molar-refractivity contribution in [2.75, 3.05) is 0 Å². The molecule has 0 saturated carbocycles. The highest BCUT2D eigenvalue weighted by Gasteiger charge is 2.22. The Morgan fingerprint density at radius 2 is 1.67 bits per heavy atom. The molecule has 1 aromatic carbocycles. The number of benzene rings is 1. The van der Waals surface area contributed by atoms with Crippen molar-refractivity contribution in [1.82, 2.24) is 5.32 Å². The van der Waals surface area contributed by atoms with E-state index >= 15 is 0 Å². The van der Waals surface area contributed by atoms with Crippen LogP contribution in [0.4, 0.5) is 0 Å². The Kier molecular flexibility index (Phi) is 6.40. The van der Waals surface area contributed by atoms with E-state index in [4.69, 9.17) is 5.11 Å². The first-order valence-electron chi connectivity index (χ1n) is 7.47. The Labute approximate surface area is 126 Å². The van der Waals surface area contributed by atoms with Gasteiger partial charge in [0.25, 0.3) is 0 Å². The van der Waals surface area contributed by atoms with Crippen LogP contribution in [0.5, 0.6) is 0 Å². The van der Waals surface area contributed by atoms with Gasteiger partial charge in [0.15, 0.2) is 0 Å². The van der Waals surface area contributed by atoms with Crippen molar-refractivity contribution in [2.24, 2.45) is 0 Å². The van der Waals surface area contributed by atoms with Crippen molar-refractivity contribution in [3.63, 3.8) is 0 Å². The number of nitrogens with one attached hydrogen (secondary N) is 1. The number of hydrogen-bond donors (Lipinski definition) is 2. The van der Waals surface area contributed by atoms with E-state index in [0.717, 1.165) is 12.0 Å². The Bertz CT molecular complexity index is 477. The van der Waals surface area contributed by atoms with E-state index in [1.165, 1.54) is 5.56 Å². The van der Waals surface area contributed by atoms with Gasteiger partial charge in [-0.3, -0.25) is 9.59 Å². The maximum atomic E-state index is 11.9. The Balaban J connectivity index is 2.50. The molecular weight excluding hydrogens is 266 g/mol. The minimum Gasteiger partial charge on any atom is -0.481 e. The molecule has 0 fully saturated rings. The van der Waals surface area contributed by atoms with E-state index in [-0.39, 0.29) is 12.3 Å². The van der Waals surface area contributed by atoms with Crippen LogP contribution in [0.15, 0.2) is 24.3 Å². The summed E-state index contributed by atoms with van der Waals surface area (Å²) in [4.78, 5) is 22.4. The van der Waals surface area contributed by atoms with Crippen molar-refractivity contribution in [2.45, 2.75) is 58.4 Å². The summed E-state index contributed by atoms with van der Waals surface area (Å²) < 4.78 is 0. The third kappa shape index (κ3) is 5.98. The molecule has 21 heavy (non-hydrogen) atoms. The highest BCUT2D eigenvalue weighted by atomic mass is 16.4. The smallest absolute Gasteiger partial charge is 0.303 e. The molecular formula is C17H25NO3. The molecule has 4 heteroatoms. The molecule has 2 N–H and O–H groups in total. The number of hydrogen-bond acceptors (Lipinski definition) is 2. The van der Waals surface area contributed by atoms with Gasteiger partial charge in [-0.2, -0.15) is 0 Å². The number of unbranched alkanes of at least 4 members (excludes halogenated alkanes) is 1. The van der Waals surface area contributed by atoms with Gasteiger partial charge in [0.2, 0.25) is 5.91 Å². The summed E-state index contributed by atoms with van der Waals surface area (Å²) in [6, 6.07) is 8.25. The summed E-state index contributed by atoms with van der Waals surface area (Å²) >= 11 is 0. The fourth-order valence-corrected chi connectivity index (χ4v) is 2.20. The summed E-state index contributed by atoms with van der Waals surface area (Å²) in [5, 5.41) is 11.6. The van der Waals surface area contributed by atoms with Gasteiger partial charge in [-0.15, -0.1) is 0 Å². The summed E-state index contributed by atoms with van der Waals surface area (Å²) in [6.07, 6.45) is 2.62. The third-order valence-corrected chi connectivity index (χ3v) is 3.58. The van der Waals surface area contributed by atoms with E-state index in [1.54, 1.807) is 0 Å². The first-order chi connectivity index (χ1) is 9.85. The molecule has 1 rings (SSSR count). The average molecular weight is 291 g/mol. The lowest BCUT2D eigenvalue weighted by Crippen LogP contribution is -2.40. The molecule has 0 saturated heterocycles. The van der Waals surface area contributed by atoms with Crippen LogP contribution in [-0.2, 0) is 21.5 Å². The summed E-state index contributed by atoms with van der Waals surface area (Å²) in [5.74, 6) is -0.850. The van der Waals surface area contributed by atoms with Crippen LogP contribution in [0.25, 0.3) is 0 Å². The molecule has 116 valence electrons. The van der Waals surface area contributed by atoms with Crippen molar-refractivity contribution in [3.05, 3.63) is 35.4 Å².